The molecule has 0 saturated carbocycles. The number of rotatable bonds is 2. The predicted octanol–water partition coefficient (Wildman–Crippen LogP) is 2.52. The van der Waals surface area contributed by atoms with Crippen molar-refractivity contribution in [3.63, 3.8) is 0 Å². The van der Waals surface area contributed by atoms with Crippen molar-refractivity contribution in [1.29, 1.82) is 0 Å². The van der Waals surface area contributed by atoms with E-state index in [4.69, 9.17) is 4.74 Å². The molecule has 1 amide bonds. The van der Waals surface area contributed by atoms with Crippen molar-refractivity contribution in [2.45, 2.75) is 56.8 Å². The zero-order valence-electron chi connectivity index (χ0n) is 12.2. The largest absolute Gasteiger partial charge is 0.534 e. The quantitative estimate of drug-likeness (QED) is 0.569. The molecule has 0 spiro atoms. The third-order valence-electron chi connectivity index (χ3n) is 3.21. The van der Waals surface area contributed by atoms with E-state index in [2.05, 4.69) is 4.18 Å². The van der Waals surface area contributed by atoms with Gasteiger partial charge in [0, 0.05) is 0 Å². The fourth-order valence-electron chi connectivity index (χ4n) is 2.42. The van der Waals surface area contributed by atoms with Crippen LogP contribution >= 0.6 is 0 Å². The SMILES string of the molecule is CC(C)(C)OC(=O)N1[C@@H]2C=C(OS(=O)(=O)C(F)(F)F)[C@H]1CC2. The molecule has 2 bridgehead atoms. The van der Waals surface area contributed by atoms with Gasteiger partial charge in [0.05, 0.1) is 12.1 Å². The van der Waals surface area contributed by atoms with Crippen molar-refractivity contribution >= 4 is 16.2 Å². The van der Waals surface area contributed by atoms with Gasteiger partial charge in [-0.05, 0) is 39.7 Å². The number of carbonyl (C=O) groups excluding carboxylic acids is 1. The number of hydrogen-bond donors (Lipinski definition) is 0. The van der Waals surface area contributed by atoms with Gasteiger partial charge < -0.3 is 8.92 Å². The molecule has 10 heteroatoms. The number of ether oxygens (including phenoxy) is 1. The number of alkyl halides is 3. The minimum absolute atomic E-state index is 0.323. The van der Waals surface area contributed by atoms with Crippen LogP contribution in [0.25, 0.3) is 0 Å². The second-order valence-corrected chi connectivity index (χ2v) is 7.64. The third-order valence-corrected chi connectivity index (χ3v) is 4.19. The van der Waals surface area contributed by atoms with Crippen LogP contribution in [0.1, 0.15) is 33.6 Å². The monoisotopic (exact) mass is 343 g/mol. The fraction of sp³-hybridized carbons (Fsp3) is 0.750. The summed E-state index contributed by atoms with van der Waals surface area (Å²) in [7, 11) is -5.73. The average Bonchev–Trinajstić information content (AvgIpc) is 2.80. The van der Waals surface area contributed by atoms with Crippen LogP contribution in [-0.4, -0.2) is 42.6 Å². The van der Waals surface area contributed by atoms with E-state index >= 15 is 0 Å². The number of halogens is 3. The van der Waals surface area contributed by atoms with E-state index in [1.54, 1.807) is 20.8 Å². The number of amides is 1. The lowest BCUT2D eigenvalue weighted by molar-refractivity contribution is -0.0526. The van der Waals surface area contributed by atoms with E-state index in [0.717, 1.165) is 0 Å². The standard InChI is InChI=1S/C12H16F3NO5S/c1-11(2,3)20-10(17)16-7-4-5-8(16)9(6-7)21-22(18,19)12(13,14)15/h6-8H,4-5H2,1-3H3/t7-,8+/m0/s1. The molecule has 0 unspecified atom stereocenters. The van der Waals surface area contributed by atoms with Crippen LogP contribution in [0.2, 0.25) is 0 Å². The van der Waals surface area contributed by atoms with Crippen LogP contribution in [0, 0.1) is 0 Å². The summed E-state index contributed by atoms with van der Waals surface area (Å²) in [4.78, 5) is 13.3. The molecule has 0 aromatic heterocycles. The summed E-state index contributed by atoms with van der Waals surface area (Å²) in [6.07, 6.45) is 1.35. The van der Waals surface area contributed by atoms with Crippen molar-refractivity contribution in [3.8, 4) is 0 Å². The highest BCUT2D eigenvalue weighted by molar-refractivity contribution is 7.87. The highest BCUT2D eigenvalue weighted by Gasteiger charge is 2.53. The molecule has 2 aliphatic rings. The Labute approximate surface area is 126 Å². The lowest BCUT2D eigenvalue weighted by Gasteiger charge is -2.27. The van der Waals surface area contributed by atoms with Crippen LogP contribution in [0.3, 0.4) is 0 Å². The van der Waals surface area contributed by atoms with Crippen LogP contribution < -0.4 is 0 Å². The Bertz CT molecular complexity index is 605. The van der Waals surface area contributed by atoms with Crippen LogP contribution in [0.15, 0.2) is 11.8 Å². The average molecular weight is 343 g/mol. The first-order chi connectivity index (χ1) is 9.82. The van der Waals surface area contributed by atoms with Gasteiger partial charge in [0.25, 0.3) is 0 Å². The molecule has 0 N–H and O–H groups in total. The summed E-state index contributed by atoms with van der Waals surface area (Å²) in [5.41, 5.74) is -6.27. The van der Waals surface area contributed by atoms with Crippen molar-refractivity contribution in [1.82, 2.24) is 4.90 Å². The molecule has 2 rings (SSSR count). The summed E-state index contributed by atoms with van der Waals surface area (Å²) >= 11 is 0. The fourth-order valence-corrected chi connectivity index (χ4v) is 2.93. The molecule has 6 nitrogen and oxygen atoms in total. The first kappa shape index (κ1) is 16.9. The Morgan fingerprint density at radius 3 is 2.36 bits per heavy atom. The van der Waals surface area contributed by atoms with Gasteiger partial charge in [-0.15, -0.1) is 0 Å². The zero-order valence-corrected chi connectivity index (χ0v) is 13.0. The molecular formula is C12H16F3NO5S. The molecule has 0 radical (unpaired) electrons. The van der Waals surface area contributed by atoms with E-state index < -0.39 is 39.4 Å². The number of carbonyl (C=O) groups is 1. The summed E-state index contributed by atoms with van der Waals surface area (Å²) in [6, 6.07) is -1.37. The lowest BCUT2D eigenvalue weighted by atomic mass is 10.1. The van der Waals surface area contributed by atoms with Gasteiger partial charge in [-0.2, -0.15) is 21.6 Å². The second-order valence-electron chi connectivity index (χ2n) is 6.10. The Balaban J connectivity index is 2.14. The van der Waals surface area contributed by atoms with E-state index in [1.165, 1.54) is 11.0 Å². The van der Waals surface area contributed by atoms with Crippen molar-refractivity contribution in [3.05, 3.63) is 11.8 Å². The minimum atomic E-state index is -5.73. The summed E-state index contributed by atoms with van der Waals surface area (Å²) < 4.78 is 68.6. The van der Waals surface area contributed by atoms with Gasteiger partial charge in [0.2, 0.25) is 0 Å². The van der Waals surface area contributed by atoms with Crippen molar-refractivity contribution in [2.24, 2.45) is 0 Å². The van der Waals surface area contributed by atoms with E-state index in [-0.39, 0.29) is 5.76 Å². The smallest absolute Gasteiger partial charge is 0.444 e. The van der Waals surface area contributed by atoms with Gasteiger partial charge in [-0.25, -0.2) is 4.79 Å². The predicted molar refractivity (Wildman–Crippen MR) is 69.0 cm³/mol. The zero-order chi connectivity index (χ0) is 16.9. The van der Waals surface area contributed by atoms with E-state index in [9.17, 15) is 26.4 Å². The second kappa shape index (κ2) is 5.04. The molecule has 2 aliphatic heterocycles. The minimum Gasteiger partial charge on any atom is -0.444 e. The van der Waals surface area contributed by atoms with Crippen molar-refractivity contribution in [2.75, 3.05) is 0 Å². The summed E-state index contributed by atoms with van der Waals surface area (Å²) in [6.45, 7) is 4.96. The van der Waals surface area contributed by atoms with E-state index in [1.807, 2.05) is 0 Å². The molecule has 2 atom stereocenters. The van der Waals surface area contributed by atoms with Gasteiger partial charge in [-0.3, -0.25) is 4.90 Å². The number of hydrogen-bond acceptors (Lipinski definition) is 5. The summed E-state index contributed by atoms with van der Waals surface area (Å²) in [5, 5.41) is 0. The topological polar surface area (TPSA) is 72.9 Å². The van der Waals surface area contributed by atoms with Gasteiger partial charge >= 0.3 is 21.7 Å². The van der Waals surface area contributed by atoms with Gasteiger partial charge in [0.15, 0.2) is 0 Å². The van der Waals surface area contributed by atoms with Crippen molar-refractivity contribution < 1.29 is 35.3 Å². The van der Waals surface area contributed by atoms with Gasteiger partial charge in [-0.1, -0.05) is 0 Å². The normalized spacial score (nSPS) is 25.2. The maximum atomic E-state index is 12.4. The van der Waals surface area contributed by atoms with Gasteiger partial charge in [0.1, 0.15) is 11.4 Å². The van der Waals surface area contributed by atoms with Crippen LogP contribution in [0.4, 0.5) is 18.0 Å². The highest BCUT2D eigenvalue weighted by Crippen LogP contribution is 2.40. The summed E-state index contributed by atoms with van der Waals surface area (Å²) in [5.74, 6) is -0.376. The molecule has 22 heavy (non-hydrogen) atoms. The molecule has 126 valence electrons. The maximum absolute atomic E-state index is 12.4. The molecule has 0 aromatic carbocycles. The Kier molecular flexibility index (Phi) is 3.87. The lowest BCUT2D eigenvalue weighted by Crippen LogP contribution is -2.41. The Morgan fingerprint density at radius 2 is 1.86 bits per heavy atom. The molecule has 0 aromatic rings. The van der Waals surface area contributed by atoms with Crippen LogP contribution in [0.5, 0.6) is 0 Å². The third kappa shape index (κ3) is 3.16. The molecule has 1 saturated heterocycles. The molecule has 2 heterocycles. The molecule has 1 fully saturated rings. The number of fused-ring (bicyclic) bond motifs is 2. The molecular weight excluding hydrogens is 327 g/mol. The molecule has 0 aliphatic carbocycles. The first-order valence-corrected chi connectivity index (χ1v) is 7.96. The Morgan fingerprint density at radius 1 is 1.27 bits per heavy atom. The highest BCUT2D eigenvalue weighted by atomic mass is 32.2. The maximum Gasteiger partial charge on any atom is 0.534 e. The van der Waals surface area contributed by atoms with Crippen LogP contribution in [-0.2, 0) is 19.0 Å². The first-order valence-electron chi connectivity index (χ1n) is 6.55. The van der Waals surface area contributed by atoms with E-state index in [0.29, 0.717) is 12.8 Å². The number of nitrogens with zero attached hydrogens (tertiary/aromatic N) is 1. The Hall–Kier alpha value is -1.45.